The molecule has 0 aliphatic rings. The van der Waals surface area contributed by atoms with Crippen molar-refractivity contribution in [2.24, 2.45) is 0 Å². The van der Waals surface area contributed by atoms with E-state index in [4.69, 9.17) is 4.74 Å². The molecule has 35 heavy (non-hydrogen) atoms. The number of pyridine rings is 1. The molecular weight excluding hydrogens is 461 g/mol. The van der Waals surface area contributed by atoms with E-state index in [1.165, 1.54) is 6.07 Å². The van der Waals surface area contributed by atoms with E-state index in [0.717, 1.165) is 47.2 Å². The molecule has 0 bridgehead atoms. The number of aromatic nitrogens is 1. The third-order valence-corrected chi connectivity index (χ3v) is 5.99. The van der Waals surface area contributed by atoms with E-state index in [1.54, 1.807) is 25.4 Å². The van der Waals surface area contributed by atoms with Gasteiger partial charge in [-0.15, -0.1) is 0 Å². The molecule has 3 aromatic carbocycles. The molecule has 0 saturated heterocycles. The third-order valence-electron chi connectivity index (χ3n) is 5.99. The Labute approximate surface area is 200 Å². The predicted octanol–water partition coefficient (Wildman–Crippen LogP) is 7.25. The normalized spacial score (nSPS) is 11.8. The van der Waals surface area contributed by atoms with Crippen LogP contribution in [0.5, 0.6) is 0 Å². The van der Waals surface area contributed by atoms with Gasteiger partial charge in [0.1, 0.15) is 11.6 Å². The van der Waals surface area contributed by atoms with Crippen LogP contribution in [0.2, 0.25) is 0 Å². The van der Waals surface area contributed by atoms with Crippen molar-refractivity contribution in [2.75, 3.05) is 7.11 Å². The number of aryl methyl sites for hydroxylation is 4. The molecule has 4 rings (SSSR count). The SMILES string of the molecule is COCc1ccc(CCc2ccc3c(F)c(CCc4ccc(C(F)(F)F)c(F)c4)ccc3c2)nc1. The second-order valence-corrected chi connectivity index (χ2v) is 8.50. The zero-order chi connectivity index (χ0) is 25.0. The van der Waals surface area contributed by atoms with Crippen molar-refractivity contribution in [1.82, 2.24) is 4.98 Å². The maximum Gasteiger partial charge on any atom is 0.419 e. The van der Waals surface area contributed by atoms with Gasteiger partial charge < -0.3 is 4.74 Å². The van der Waals surface area contributed by atoms with Gasteiger partial charge in [0.25, 0.3) is 0 Å². The van der Waals surface area contributed by atoms with Crippen LogP contribution < -0.4 is 0 Å². The number of nitrogens with zero attached hydrogens (tertiary/aromatic N) is 1. The van der Waals surface area contributed by atoms with Crippen LogP contribution >= 0.6 is 0 Å². The highest BCUT2D eigenvalue weighted by Gasteiger charge is 2.33. The highest BCUT2D eigenvalue weighted by atomic mass is 19.4. The van der Waals surface area contributed by atoms with E-state index < -0.39 is 17.6 Å². The molecule has 0 spiro atoms. The number of alkyl halides is 3. The van der Waals surface area contributed by atoms with Gasteiger partial charge in [-0.2, -0.15) is 13.2 Å². The molecule has 0 saturated carbocycles. The first-order chi connectivity index (χ1) is 16.7. The van der Waals surface area contributed by atoms with Gasteiger partial charge >= 0.3 is 6.18 Å². The van der Waals surface area contributed by atoms with Gasteiger partial charge in [-0.1, -0.05) is 42.5 Å². The fourth-order valence-corrected chi connectivity index (χ4v) is 4.09. The third kappa shape index (κ3) is 6.03. The fourth-order valence-electron chi connectivity index (χ4n) is 4.09. The van der Waals surface area contributed by atoms with Crippen LogP contribution in [0.3, 0.4) is 0 Å². The first-order valence-electron chi connectivity index (χ1n) is 11.2. The Hall–Kier alpha value is -3.32. The minimum absolute atomic E-state index is 0.228. The number of ether oxygens (including phenoxy) is 1. The highest BCUT2D eigenvalue weighted by molar-refractivity contribution is 5.84. The number of hydrogen-bond acceptors (Lipinski definition) is 2. The standard InChI is InChI=1S/C28H24F5NO/c1-35-17-20-4-11-23(34-16-20)10-3-18-5-12-24-22(14-18)9-8-21(27(24)30)7-2-19-6-13-25(26(29)15-19)28(31,32)33/h4-6,8-9,11-16H,2-3,7,10,17H2,1H3. The molecule has 0 amide bonds. The summed E-state index contributed by atoms with van der Waals surface area (Å²) in [6.07, 6.45) is -0.949. The monoisotopic (exact) mass is 485 g/mol. The van der Waals surface area contributed by atoms with Crippen molar-refractivity contribution >= 4 is 10.8 Å². The second-order valence-electron chi connectivity index (χ2n) is 8.50. The van der Waals surface area contributed by atoms with Gasteiger partial charge in [0.2, 0.25) is 0 Å². The van der Waals surface area contributed by atoms with Crippen LogP contribution in [0.4, 0.5) is 22.0 Å². The Morgan fingerprint density at radius 3 is 2.17 bits per heavy atom. The Morgan fingerprint density at radius 1 is 0.771 bits per heavy atom. The molecule has 0 fully saturated rings. The number of hydrogen-bond donors (Lipinski definition) is 0. The highest BCUT2D eigenvalue weighted by Crippen LogP contribution is 2.32. The van der Waals surface area contributed by atoms with Crippen LogP contribution in [0.15, 0.2) is 66.9 Å². The summed E-state index contributed by atoms with van der Waals surface area (Å²) < 4.78 is 72.2. The van der Waals surface area contributed by atoms with Gasteiger partial charge in [0.05, 0.1) is 12.2 Å². The molecule has 0 radical (unpaired) electrons. The Kier molecular flexibility index (Phi) is 7.45. The Morgan fingerprint density at radius 2 is 1.49 bits per heavy atom. The Bertz CT molecular complexity index is 1320. The van der Waals surface area contributed by atoms with Crippen molar-refractivity contribution in [3.63, 3.8) is 0 Å². The van der Waals surface area contributed by atoms with Crippen LogP contribution in [0, 0.1) is 11.6 Å². The maximum atomic E-state index is 15.1. The number of benzene rings is 3. The molecule has 182 valence electrons. The zero-order valence-electron chi connectivity index (χ0n) is 19.1. The molecule has 0 atom stereocenters. The summed E-state index contributed by atoms with van der Waals surface area (Å²) in [5.41, 5.74) is 2.56. The molecule has 0 unspecified atom stereocenters. The van der Waals surface area contributed by atoms with Gasteiger partial charge in [0.15, 0.2) is 0 Å². The zero-order valence-corrected chi connectivity index (χ0v) is 19.1. The van der Waals surface area contributed by atoms with Gasteiger partial charge in [-0.3, -0.25) is 4.98 Å². The lowest BCUT2D eigenvalue weighted by molar-refractivity contribution is -0.140. The molecule has 0 aliphatic heterocycles. The lowest BCUT2D eigenvalue weighted by Crippen LogP contribution is -2.08. The first-order valence-corrected chi connectivity index (χ1v) is 11.2. The number of methoxy groups -OCH3 is 1. The van der Waals surface area contributed by atoms with E-state index in [-0.39, 0.29) is 18.7 Å². The topological polar surface area (TPSA) is 22.1 Å². The van der Waals surface area contributed by atoms with E-state index in [2.05, 4.69) is 4.98 Å². The Balaban J connectivity index is 1.43. The number of halogens is 5. The average molecular weight is 485 g/mol. The second kappa shape index (κ2) is 10.5. The van der Waals surface area contributed by atoms with Crippen molar-refractivity contribution < 1.29 is 26.7 Å². The average Bonchev–Trinajstić information content (AvgIpc) is 2.82. The van der Waals surface area contributed by atoms with Crippen molar-refractivity contribution in [3.8, 4) is 0 Å². The minimum Gasteiger partial charge on any atom is -0.380 e. The van der Waals surface area contributed by atoms with Gasteiger partial charge in [0, 0.05) is 24.4 Å². The summed E-state index contributed by atoms with van der Waals surface area (Å²) in [4.78, 5) is 4.45. The van der Waals surface area contributed by atoms with Crippen LogP contribution in [-0.2, 0) is 43.2 Å². The quantitative estimate of drug-likeness (QED) is 0.245. The van der Waals surface area contributed by atoms with E-state index in [9.17, 15) is 17.6 Å². The summed E-state index contributed by atoms with van der Waals surface area (Å²) in [6, 6.07) is 15.9. The van der Waals surface area contributed by atoms with E-state index in [0.29, 0.717) is 23.1 Å². The van der Waals surface area contributed by atoms with Gasteiger partial charge in [-0.25, -0.2) is 8.78 Å². The summed E-state index contributed by atoms with van der Waals surface area (Å²) in [5.74, 6) is -1.68. The lowest BCUT2D eigenvalue weighted by atomic mass is 9.97. The number of fused-ring (bicyclic) bond motifs is 1. The van der Waals surface area contributed by atoms with Crippen LogP contribution in [0.1, 0.15) is 33.5 Å². The van der Waals surface area contributed by atoms with Crippen molar-refractivity contribution in [1.29, 1.82) is 0 Å². The molecule has 7 heteroatoms. The fraction of sp³-hybridized carbons (Fsp3) is 0.250. The maximum absolute atomic E-state index is 15.1. The first kappa shape index (κ1) is 24.8. The van der Waals surface area contributed by atoms with Gasteiger partial charge in [-0.05, 0) is 71.5 Å². The summed E-state index contributed by atoms with van der Waals surface area (Å²) in [7, 11) is 1.64. The summed E-state index contributed by atoms with van der Waals surface area (Å²) in [5, 5.41) is 1.25. The number of rotatable bonds is 8. The molecular formula is C28H24F5NO. The predicted molar refractivity (Wildman–Crippen MR) is 125 cm³/mol. The smallest absolute Gasteiger partial charge is 0.380 e. The van der Waals surface area contributed by atoms with Crippen molar-refractivity contribution in [2.45, 2.75) is 38.5 Å². The largest absolute Gasteiger partial charge is 0.419 e. The van der Waals surface area contributed by atoms with Crippen LogP contribution in [0.25, 0.3) is 10.8 Å². The molecule has 0 aliphatic carbocycles. The van der Waals surface area contributed by atoms with E-state index >= 15 is 4.39 Å². The lowest BCUT2D eigenvalue weighted by Gasteiger charge is -2.11. The molecule has 4 aromatic rings. The molecule has 2 nitrogen and oxygen atoms in total. The minimum atomic E-state index is -4.74. The van der Waals surface area contributed by atoms with E-state index in [1.807, 2.05) is 30.3 Å². The van der Waals surface area contributed by atoms with Crippen LogP contribution in [-0.4, -0.2) is 12.1 Å². The molecule has 1 aromatic heterocycles. The molecule has 0 N–H and O–H groups in total. The molecule has 1 heterocycles. The summed E-state index contributed by atoms with van der Waals surface area (Å²) in [6.45, 7) is 0.521. The van der Waals surface area contributed by atoms with Crippen molar-refractivity contribution in [3.05, 3.63) is 112 Å². The summed E-state index contributed by atoms with van der Waals surface area (Å²) >= 11 is 0.